The Morgan fingerprint density at radius 3 is 2.57 bits per heavy atom. The second-order valence-corrected chi connectivity index (χ2v) is 14.0. The predicted molar refractivity (Wildman–Crippen MR) is 94.5 cm³/mol. The first-order valence-electron chi connectivity index (χ1n) is 7.17. The highest BCUT2D eigenvalue weighted by Crippen LogP contribution is 2.30. The Balaban J connectivity index is 2.61. The van der Waals surface area contributed by atoms with Gasteiger partial charge in [-0.3, -0.25) is 0 Å². The van der Waals surface area contributed by atoms with Crippen LogP contribution in [-0.2, 0) is 4.79 Å². The zero-order valence-electron chi connectivity index (χ0n) is 12.7. The second kappa shape index (κ2) is 10.1. The molecule has 1 rings (SSSR count). The van der Waals surface area contributed by atoms with Gasteiger partial charge in [0.15, 0.2) is 11.5 Å². The van der Waals surface area contributed by atoms with Gasteiger partial charge in [-0.15, -0.1) is 33.2 Å². The number of benzene rings is 1. The number of aliphatic carboxylic acids is 1. The molecule has 128 valence electrons. The predicted octanol–water partition coefficient (Wildman–Crippen LogP) is 3.66. The van der Waals surface area contributed by atoms with Gasteiger partial charge >= 0.3 is 6.00 Å². The molecule has 0 atom stereocenters. The minimum absolute atomic E-state index is 0.475. The Labute approximate surface area is 151 Å². The SMILES string of the molecule is CCOc1cc(/C=C/C(=O)[O-])ccc1OCCCC[Si](Cl)(Cl)Cl. The number of carbonyl (C=O) groups excluding carboxylic acids is 1. The Morgan fingerprint density at radius 2 is 1.96 bits per heavy atom. The lowest BCUT2D eigenvalue weighted by molar-refractivity contribution is -0.297. The number of rotatable bonds is 10. The van der Waals surface area contributed by atoms with Crippen LogP contribution in [0.5, 0.6) is 11.5 Å². The summed E-state index contributed by atoms with van der Waals surface area (Å²) in [6.45, 7) is 2.82. The van der Waals surface area contributed by atoms with Crippen molar-refractivity contribution < 1.29 is 19.4 Å². The van der Waals surface area contributed by atoms with E-state index in [0.29, 0.717) is 36.3 Å². The Hall–Kier alpha value is -0.883. The van der Waals surface area contributed by atoms with Crippen LogP contribution < -0.4 is 14.6 Å². The van der Waals surface area contributed by atoms with Crippen molar-refractivity contribution in [2.45, 2.75) is 25.8 Å². The van der Waals surface area contributed by atoms with Crippen LogP contribution in [0.15, 0.2) is 24.3 Å². The van der Waals surface area contributed by atoms with Gasteiger partial charge in [0, 0.05) is 0 Å². The van der Waals surface area contributed by atoms with Crippen LogP contribution in [0.4, 0.5) is 0 Å². The molecule has 1 aromatic carbocycles. The van der Waals surface area contributed by atoms with Crippen molar-refractivity contribution in [3.63, 3.8) is 0 Å². The molecule has 0 aliphatic heterocycles. The third-order valence-corrected chi connectivity index (χ3v) is 5.41. The van der Waals surface area contributed by atoms with Crippen molar-refractivity contribution in [3.05, 3.63) is 29.8 Å². The standard InChI is InChI=1S/C15H19Cl3O4Si/c1-2-21-14-11-12(6-8-15(19)20)5-7-13(14)22-9-3-4-10-23(16,17)18/h5-8,11H,2-4,9-10H2,1H3,(H,19,20)/p-1/b8-6+. The zero-order chi connectivity index (χ0) is 17.3. The fourth-order valence-corrected chi connectivity index (χ4v) is 3.64. The van der Waals surface area contributed by atoms with Crippen LogP contribution in [0, 0.1) is 0 Å². The highest BCUT2D eigenvalue weighted by Gasteiger charge is 2.23. The topological polar surface area (TPSA) is 58.6 Å². The van der Waals surface area contributed by atoms with Gasteiger partial charge in [0.1, 0.15) is 0 Å². The van der Waals surface area contributed by atoms with Gasteiger partial charge < -0.3 is 19.4 Å². The molecule has 0 N–H and O–H groups in total. The summed E-state index contributed by atoms with van der Waals surface area (Å²) in [5.74, 6) is -0.0897. The van der Waals surface area contributed by atoms with E-state index in [1.54, 1.807) is 18.2 Å². The van der Waals surface area contributed by atoms with E-state index < -0.39 is 12.0 Å². The summed E-state index contributed by atoms with van der Waals surface area (Å²) < 4.78 is 11.2. The van der Waals surface area contributed by atoms with E-state index in [9.17, 15) is 9.90 Å². The van der Waals surface area contributed by atoms with E-state index in [1.165, 1.54) is 6.08 Å². The van der Waals surface area contributed by atoms with Gasteiger partial charge in [-0.1, -0.05) is 12.1 Å². The molecular formula is C15H18Cl3O4Si-. The quantitative estimate of drug-likeness (QED) is 0.262. The Morgan fingerprint density at radius 1 is 1.22 bits per heavy atom. The van der Waals surface area contributed by atoms with Crippen molar-refractivity contribution in [2.75, 3.05) is 13.2 Å². The molecule has 0 amide bonds. The van der Waals surface area contributed by atoms with Crippen LogP contribution in [0.2, 0.25) is 6.04 Å². The van der Waals surface area contributed by atoms with Gasteiger partial charge in [-0.2, -0.15) is 0 Å². The zero-order valence-corrected chi connectivity index (χ0v) is 16.0. The monoisotopic (exact) mass is 395 g/mol. The van der Waals surface area contributed by atoms with Crippen LogP contribution in [0.1, 0.15) is 25.3 Å². The molecule has 0 spiro atoms. The van der Waals surface area contributed by atoms with Gasteiger partial charge in [0.05, 0.1) is 19.2 Å². The normalized spacial score (nSPS) is 11.7. The summed E-state index contributed by atoms with van der Waals surface area (Å²) in [6.07, 6.45) is 3.97. The molecule has 0 aliphatic rings. The summed E-state index contributed by atoms with van der Waals surface area (Å²) in [4.78, 5) is 10.4. The lowest BCUT2D eigenvalue weighted by Gasteiger charge is -2.13. The summed E-state index contributed by atoms with van der Waals surface area (Å²) in [5, 5.41) is 10.4. The molecule has 0 unspecified atom stereocenters. The van der Waals surface area contributed by atoms with Crippen LogP contribution >= 0.6 is 33.2 Å². The molecule has 1 aromatic rings. The van der Waals surface area contributed by atoms with Gasteiger partial charge in [-0.25, -0.2) is 0 Å². The molecule has 0 aromatic heterocycles. The van der Waals surface area contributed by atoms with Gasteiger partial charge in [0.2, 0.25) is 0 Å². The summed E-state index contributed by atoms with van der Waals surface area (Å²) >= 11 is 17.5. The largest absolute Gasteiger partial charge is 0.545 e. The highest BCUT2D eigenvalue weighted by atomic mass is 35.8. The van der Waals surface area contributed by atoms with Gasteiger partial charge in [0.25, 0.3) is 0 Å². The third-order valence-electron chi connectivity index (χ3n) is 2.79. The molecule has 8 heteroatoms. The van der Waals surface area contributed by atoms with E-state index in [0.717, 1.165) is 18.9 Å². The Kier molecular flexibility index (Phi) is 8.84. The highest BCUT2D eigenvalue weighted by molar-refractivity contribution is 7.64. The third kappa shape index (κ3) is 9.10. The van der Waals surface area contributed by atoms with Crippen LogP contribution in [0.25, 0.3) is 6.08 Å². The minimum Gasteiger partial charge on any atom is -0.545 e. The molecule has 0 saturated carbocycles. The average molecular weight is 397 g/mol. The Bertz CT molecular complexity index is 544. The number of unbranched alkanes of at least 4 members (excludes halogenated alkanes) is 1. The number of halogens is 3. The molecule has 0 heterocycles. The van der Waals surface area contributed by atoms with Crippen molar-refractivity contribution in [1.29, 1.82) is 0 Å². The van der Waals surface area contributed by atoms with E-state index in [2.05, 4.69) is 0 Å². The first-order chi connectivity index (χ1) is 10.8. The number of hydrogen-bond donors (Lipinski definition) is 0. The fraction of sp³-hybridized carbons (Fsp3) is 0.400. The smallest absolute Gasteiger partial charge is 0.341 e. The second-order valence-electron chi connectivity index (χ2n) is 4.71. The molecule has 0 radical (unpaired) electrons. The molecular weight excluding hydrogens is 379 g/mol. The minimum atomic E-state index is -2.56. The number of ether oxygens (including phenoxy) is 2. The van der Waals surface area contributed by atoms with Crippen molar-refractivity contribution in [3.8, 4) is 11.5 Å². The van der Waals surface area contributed by atoms with E-state index in [4.69, 9.17) is 42.7 Å². The fourth-order valence-electron chi connectivity index (χ4n) is 1.79. The summed E-state index contributed by atoms with van der Waals surface area (Å²) in [6, 6.07) is 3.24. The van der Waals surface area contributed by atoms with Crippen molar-refractivity contribution >= 4 is 51.3 Å². The molecule has 0 fully saturated rings. The van der Waals surface area contributed by atoms with Gasteiger partial charge in [-0.05, 0) is 49.6 Å². The number of carboxylic acids is 1. The maximum Gasteiger partial charge on any atom is 0.341 e. The maximum absolute atomic E-state index is 10.4. The van der Waals surface area contributed by atoms with Crippen molar-refractivity contribution in [1.82, 2.24) is 0 Å². The molecule has 0 bridgehead atoms. The van der Waals surface area contributed by atoms with E-state index in [1.807, 2.05) is 6.92 Å². The number of carboxylic acid groups (broad SMARTS) is 1. The number of hydrogen-bond acceptors (Lipinski definition) is 4. The first-order valence-corrected chi connectivity index (χ1v) is 12.4. The average Bonchev–Trinajstić information content (AvgIpc) is 2.45. The summed E-state index contributed by atoms with van der Waals surface area (Å²) in [7, 11) is 0. The van der Waals surface area contributed by atoms with E-state index >= 15 is 0 Å². The molecule has 4 nitrogen and oxygen atoms in total. The van der Waals surface area contributed by atoms with Crippen LogP contribution in [-0.4, -0.2) is 25.2 Å². The van der Waals surface area contributed by atoms with Crippen LogP contribution in [0.3, 0.4) is 0 Å². The molecule has 23 heavy (non-hydrogen) atoms. The first kappa shape index (κ1) is 20.2. The lowest BCUT2D eigenvalue weighted by Crippen LogP contribution is -2.18. The van der Waals surface area contributed by atoms with Crippen molar-refractivity contribution in [2.24, 2.45) is 0 Å². The van der Waals surface area contributed by atoms with E-state index in [-0.39, 0.29) is 0 Å². The molecule has 0 aliphatic carbocycles. The summed E-state index contributed by atoms with van der Waals surface area (Å²) in [5.41, 5.74) is 0.687. The lowest BCUT2D eigenvalue weighted by atomic mass is 10.2. The maximum atomic E-state index is 10.4. The molecule has 0 saturated heterocycles. The number of carbonyl (C=O) groups is 1.